The lowest BCUT2D eigenvalue weighted by Crippen LogP contribution is -2.16. The fourth-order valence-electron chi connectivity index (χ4n) is 1.71. The highest BCUT2D eigenvalue weighted by Crippen LogP contribution is 2.31. The number of hydrogen-bond donors (Lipinski definition) is 0. The van der Waals surface area contributed by atoms with Crippen molar-refractivity contribution in [2.75, 3.05) is 0 Å². The van der Waals surface area contributed by atoms with Gasteiger partial charge in [0.2, 0.25) is 0 Å². The lowest BCUT2D eigenvalue weighted by atomic mass is 10.1. The molecule has 3 heteroatoms. The average Bonchev–Trinajstić information content (AvgIpc) is 2.71. The van der Waals surface area contributed by atoms with Crippen molar-refractivity contribution < 1.29 is 9.21 Å². The van der Waals surface area contributed by atoms with Crippen molar-refractivity contribution in [2.45, 2.75) is 63.0 Å². The summed E-state index contributed by atoms with van der Waals surface area (Å²) in [6.07, 6.45) is 6.50. The summed E-state index contributed by atoms with van der Waals surface area (Å²) in [6.45, 7) is 6.19. The first-order valence-electron chi connectivity index (χ1n) is 6.42. The topological polar surface area (TPSA) is 30.2 Å². The van der Waals surface area contributed by atoms with Crippen LogP contribution >= 0.6 is 11.8 Å². The number of Topliss-reactive ketones (excluding diaryl/α,β-unsaturated/α-hetero) is 1. The molecule has 0 aliphatic heterocycles. The van der Waals surface area contributed by atoms with Gasteiger partial charge in [0, 0.05) is 11.3 Å². The van der Waals surface area contributed by atoms with Crippen LogP contribution in [0.5, 0.6) is 0 Å². The van der Waals surface area contributed by atoms with Gasteiger partial charge in [0.15, 0.2) is 0 Å². The van der Waals surface area contributed by atoms with E-state index in [4.69, 9.17) is 4.42 Å². The molecule has 0 bridgehead atoms. The Morgan fingerprint density at radius 3 is 2.71 bits per heavy atom. The lowest BCUT2D eigenvalue weighted by molar-refractivity contribution is -0.118. The number of carbonyl (C=O) groups is 1. The van der Waals surface area contributed by atoms with E-state index in [9.17, 15) is 4.79 Å². The van der Waals surface area contributed by atoms with Crippen LogP contribution in [0.2, 0.25) is 0 Å². The smallest absolute Gasteiger partial charge is 0.146 e. The summed E-state index contributed by atoms with van der Waals surface area (Å²) in [6, 6.07) is 1.95. The fraction of sp³-hybridized carbons (Fsp3) is 0.643. The molecule has 0 radical (unpaired) electrons. The lowest BCUT2D eigenvalue weighted by Gasteiger charge is -2.13. The van der Waals surface area contributed by atoms with Gasteiger partial charge in [-0.05, 0) is 25.8 Å². The fourth-order valence-corrected chi connectivity index (χ4v) is 2.97. The van der Waals surface area contributed by atoms with Crippen molar-refractivity contribution in [3.63, 3.8) is 0 Å². The van der Waals surface area contributed by atoms with Gasteiger partial charge in [-0.1, -0.05) is 26.7 Å². The molecule has 1 aromatic heterocycles. The zero-order valence-electron chi connectivity index (χ0n) is 11.0. The van der Waals surface area contributed by atoms with E-state index in [2.05, 4.69) is 13.8 Å². The van der Waals surface area contributed by atoms with E-state index >= 15 is 0 Å². The number of thioether (sulfide) groups is 1. The van der Waals surface area contributed by atoms with Gasteiger partial charge >= 0.3 is 0 Å². The van der Waals surface area contributed by atoms with Gasteiger partial charge in [-0.25, -0.2) is 0 Å². The molecule has 0 saturated carbocycles. The largest absolute Gasteiger partial charge is 0.468 e. The van der Waals surface area contributed by atoms with Gasteiger partial charge in [0.25, 0.3) is 0 Å². The van der Waals surface area contributed by atoms with Crippen LogP contribution in [0.3, 0.4) is 0 Å². The summed E-state index contributed by atoms with van der Waals surface area (Å²) >= 11 is 1.66. The maximum atomic E-state index is 12.1. The van der Waals surface area contributed by atoms with Crippen molar-refractivity contribution >= 4 is 17.5 Å². The Balaban J connectivity index is 2.59. The van der Waals surface area contributed by atoms with E-state index in [1.54, 1.807) is 18.0 Å². The minimum atomic E-state index is 0.0999. The van der Waals surface area contributed by atoms with Gasteiger partial charge in [0.1, 0.15) is 11.5 Å². The van der Waals surface area contributed by atoms with E-state index in [1.807, 2.05) is 13.0 Å². The van der Waals surface area contributed by atoms with Gasteiger partial charge in [0.05, 0.1) is 11.5 Å². The number of aryl methyl sites for hydroxylation is 1. The van der Waals surface area contributed by atoms with Crippen LogP contribution < -0.4 is 0 Å². The Bertz CT molecular complexity index is 344. The third-order valence-electron chi connectivity index (χ3n) is 2.77. The standard InChI is InChI=1S/C14H22O2S/c1-4-6-8-12(15)14(7-5-2)17-13-9-10-16-11(13)3/h9-10,14H,4-8H2,1-3H3/t14-/m1/s1. The molecule has 0 aliphatic carbocycles. The van der Waals surface area contributed by atoms with Crippen LogP contribution in [0.4, 0.5) is 0 Å². The van der Waals surface area contributed by atoms with Crippen molar-refractivity contribution in [1.29, 1.82) is 0 Å². The van der Waals surface area contributed by atoms with E-state index in [-0.39, 0.29) is 5.25 Å². The minimum Gasteiger partial charge on any atom is -0.468 e. The number of unbranched alkanes of at least 4 members (excludes halogenated alkanes) is 1. The quantitative estimate of drug-likeness (QED) is 0.635. The summed E-state index contributed by atoms with van der Waals surface area (Å²) in [5.41, 5.74) is 0. The monoisotopic (exact) mass is 254 g/mol. The second-order valence-corrected chi connectivity index (χ2v) is 5.55. The molecule has 0 N–H and O–H groups in total. The highest BCUT2D eigenvalue weighted by atomic mass is 32.2. The van der Waals surface area contributed by atoms with Gasteiger partial charge in [-0.15, -0.1) is 11.8 Å². The Morgan fingerprint density at radius 2 is 2.18 bits per heavy atom. The molecular weight excluding hydrogens is 232 g/mol. The van der Waals surface area contributed by atoms with Crippen LogP contribution in [0.1, 0.15) is 51.7 Å². The van der Waals surface area contributed by atoms with Gasteiger partial charge < -0.3 is 4.42 Å². The normalized spacial score (nSPS) is 12.6. The highest BCUT2D eigenvalue weighted by molar-refractivity contribution is 8.00. The first-order valence-corrected chi connectivity index (χ1v) is 7.30. The van der Waals surface area contributed by atoms with Crippen molar-refractivity contribution in [2.24, 2.45) is 0 Å². The summed E-state index contributed by atoms with van der Waals surface area (Å²) in [5.74, 6) is 1.30. The Labute approximate surface area is 108 Å². The van der Waals surface area contributed by atoms with Crippen molar-refractivity contribution in [1.82, 2.24) is 0 Å². The molecule has 0 unspecified atom stereocenters. The number of rotatable bonds is 8. The van der Waals surface area contributed by atoms with Crippen LogP contribution in [-0.2, 0) is 4.79 Å². The predicted octanol–water partition coefficient (Wildman–Crippen LogP) is 4.61. The third kappa shape index (κ3) is 4.58. The molecule has 96 valence electrons. The molecule has 0 fully saturated rings. The number of furan rings is 1. The first-order chi connectivity index (χ1) is 8.19. The van der Waals surface area contributed by atoms with Crippen LogP contribution in [0.25, 0.3) is 0 Å². The van der Waals surface area contributed by atoms with Crippen LogP contribution in [0, 0.1) is 6.92 Å². The molecule has 1 aromatic rings. The van der Waals surface area contributed by atoms with Crippen LogP contribution in [0.15, 0.2) is 21.6 Å². The van der Waals surface area contributed by atoms with E-state index in [0.29, 0.717) is 12.2 Å². The number of carbonyl (C=O) groups excluding carboxylic acids is 1. The molecule has 0 aliphatic rings. The maximum absolute atomic E-state index is 12.1. The summed E-state index contributed by atoms with van der Waals surface area (Å²) in [5, 5.41) is 0.0999. The first kappa shape index (κ1) is 14.4. The summed E-state index contributed by atoms with van der Waals surface area (Å²) < 4.78 is 5.27. The molecule has 0 amide bonds. The summed E-state index contributed by atoms with van der Waals surface area (Å²) in [7, 11) is 0. The Morgan fingerprint density at radius 1 is 1.41 bits per heavy atom. The zero-order chi connectivity index (χ0) is 12.7. The molecule has 17 heavy (non-hydrogen) atoms. The molecule has 0 spiro atoms. The maximum Gasteiger partial charge on any atom is 0.146 e. The van der Waals surface area contributed by atoms with Gasteiger partial charge in [-0.2, -0.15) is 0 Å². The molecule has 0 saturated heterocycles. The highest BCUT2D eigenvalue weighted by Gasteiger charge is 2.19. The van der Waals surface area contributed by atoms with Crippen molar-refractivity contribution in [3.8, 4) is 0 Å². The second kappa shape index (κ2) is 7.59. The van der Waals surface area contributed by atoms with Gasteiger partial charge in [-0.3, -0.25) is 4.79 Å². The van der Waals surface area contributed by atoms with E-state index in [0.717, 1.165) is 36.3 Å². The number of hydrogen-bond acceptors (Lipinski definition) is 3. The van der Waals surface area contributed by atoms with E-state index < -0.39 is 0 Å². The molecule has 1 heterocycles. The molecule has 1 rings (SSSR count). The Kier molecular flexibility index (Phi) is 6.41. The molecule has 0 aromatic carbocycles. The molecular formula is C14H22O2S. The van der Waals surface area contributed by atoms with E-state index in [1.165, 1.54) is 0 Å². The zero-order valence-corrected chi connectivity index (χ0v) is 11.8. The molecule has 2 nitrogen and oxygen atoms in total. The average molecular weight is 254 g/mol. The SMILES string of the molecule is CCCCC(=O)[C@@H](CCC)Sc1ccoc1C. The van der Waals surface area contributed by atoms with Crippen LogP contribution in [-0.4, -0.2) is 11.0 Å². The van der Waals surface area contributed by atoms with Crippen molar-refractivity contribution in [3.05, 3.63) is 18.1 Å². The third-order valence-corrected chi connectivity index (χ3v) is 4.23. The second-order valence-electron chi connectivity index (χ2n) is 4.31. The minimum absolute atomic E-state index is 0.0999. The molecule has 1 atom stereocenters. The Hall–Kier alpha value is -0.700. The summed E-state index contributed by atoms with van der Waals surface area (Å²) in [4.78, 5) is 13.2. The predicted molar refractivity (Wildman–Crippen MR) is 72.5 cm³/mol. The number of ketones is 1.